The number of carbonyl (C=O) groups excluding carboxylic acids is 1. The largest absolute Gasteiger partial charge is 0.472 e. The van der Waals surface area contributed by atoms with Crippen molar-refractivity contribution >= 4 is 13.8 Å². The molecule has 0 bridgehead atoms. The number of unbranched alkanes of at least 4 members (excludes halogenated alkanes) is 17. The van der Waals surface area contributed by atoms with E-state index in [-0.39, 0.29) is 25.6 Å². The van der Waals surface area contributed by atoms with Gasteiger partial charge in [-0.05, 0) is 38.5 Å². The Hall–Kier alpha value is -0.800. The van der Waals surface area contributed by atoms with Crippen LogP contribution in [0, 0.1) is 0 Å². The van der Waals surface area contributed by atoms with Crippen LogP contribution in [0.5, 0.6) is 0 Å². The molecule has 10 heteroatoms. The van der Waals surface area contributed by atoms with E-state index in [9.17, 15) is 19.4 Å². The molecule has 0 radical (unpaired) electrons. The molecular weight excluding hydrogens is 571 g/mol. The number of aliphatic hydroxyl groups excluding tert-OH is 2. The van der Waals surface area contributed by atoms with Crippen LogP contribution in [-0.2, 0) is 27.9 Å². The summed E-state index contributed by atoms with van der Waals surface area (Å²) >= 11 is 0. The van der Waals surface area contributed by atoms with Gasteiger partial charge in [0.2, 0.25) is 0 Å². The smallest absolute Gasteiger partial charge is 0.457 e. The van der Waals surface area contributed by atoms with E-state index in [2.05, 4.69) is 26.0 Å². The van der Waals surface area contributed by atoms with Gasteiger partial charge in [-0.3, -0.25) is 13.8 Å². The van der Waals surface area contributed by atoms with E-state index in [1.54, 1.807) is 0 Å². The van der Waals surface area contributed by atoms with E-state index in [4.69, 9.17) is 23.6 Å². The second-order valence-corrected chi connectivity index (χ2v) is 13.0. The van der Waals surface area contributed by atoms with Crippen molar-refractivity contribution in [1.82, 2.24) is 0 Å². The quantitative estimate of drug-likeness (QED) is 0.0282. The summed E-state index contributed by atoms with van der Waals surface area (Å²) in [6, 6.07) is 0. The van der Waals surface area contributed by atoms with Gasteiger partial charge in [0.15, 0.2) is 0 Å². The van der Waals surface area contributed by atoms with Crippen LogP contribution in [0.25, 0.3) is 0 Å². The first-order chi connectivity index (χ1) is 20.8. The number of phosphoric acid groups is 1. The molecule has 0 heterocycles. The van der Waals surface area contributed by atoms with Gasteiger partial charge in [-0.15, -0.1) is 0 Å². The molecule has 256 valence electrons. The number of ether oxygens (including phenoxy) is 2. The van der Waals surface area contributed by atoms with Crippen LogP contribution in [0.3, 0.4) is 0 Å². The third-order valence-corrected chi connectivity index (χ3v) is 8.15. The lowest BCUT2D eigenvalue weighted by atomic mass is 10.1. The molecule has 0 fully saturated rings. The fraction of sp³-hybridized carbons (Fsp3) is 0.909. The predicted molar refractivity (Wildman–Crippen MR) is 173 cm³/mol. The number of allylic oxidation sites excluding steroid dienone is 2. The summed E-state index contributed by atoms with van der Waals surface area (Å²) in [4.78, 5) is 22.3. The molecule has 0 rings (SSSR count). The molecule has 0 saturated carbocycles. The summed E-state index contributed by atoms with van der Waals surface area (Å²) in [6.07, 6.45) is 26.0. The second kappa shape index (κ2) is 31.2. The Morgan fingerprint density at radius 1 is 0.698 bits per heavy atom. The number of rotatable bonds is 33. The Bertz CT molecular complexity index is 689. The molecule has 3 N–H and O–H groups in total. The first-order valence-electron chi connectivity index (χ1n) is 17.2. The molecule has 3 unspecified atom stereocenters. The van der Waals surface area contributed by atoms with Gasteiger partial charge in [0.25, 0.3) is 0 Å². The summed E-state index contributed by atoms with van der Waals surface area (Å²) < 4.78 is 33.1. The highest BCUT2D eigenvalue weighted by molar-refractivity contribution is 7.47. The Kier molecular flexibility index (Phi) is 30.6. The zero-order valence-electron chi connectivity index (χ0n) is 27.4. The monoisotopic (exact) mass is 636 g/mol. The normalized spacial score (nSPS) is 14.6. The van der Waals surface area contributed by atoms with E-state index in [1.165, 1.54) is 83.5 Å². The van der Waals surface area contributed by atoms with Crippen LogP contribution in [0.2, 0.25) is 0 Å². The lowest BCUT2D eigenvalue weighted by Crippen LogP contribution is -2.29. The van der Waals surface area contributed by atoms with Crippen molar-refractivity contribution in [1.29, 1.82) is 0 Å². The highest BCUT2D eigenvalue weighted by Crippen LogP contribution is 2.43. The Balaban J connectivity index is 4.26. The molecule has 0 aromatic heterocycles. The number of hydrogen-bond acceptors (Lipinski definition) is 8. The SMILES string of the molecule is CCCCC/C=C\CCCCCCCCOCC(COP(=O)(O)OCC(O)CO)OC(=O)CCCCCCCCCCC. The highest BCUT2D eigenvalue weighted by Gasteiger charge is 2.26. The van der Waals surface area contributed by atoms with Crippen molar-refractivity contribution in [3.63, 3.8) is 0 Å². The molecule has 0 spiro atoms. The molecule has 0 aliphatic heterocycles. The molecular formula is C33H65O9P. The number of esters is 1. The Labute approximate surface area is 262 Å². The number of aliphatic hydroxyl groups is 2. The lowest BCUT2D eigenvalue weighted by Gasteiger charge is -2.20. The van der Waals surface area contributed by atoms with Gasteiger partial charge in [-0.2, -0.15) is 0 Å². The van der Waals surface area contributed by atoms with Crippen LogP contribution in [0.1, 0.15) is 149 Å². The molecule has 9 nitrogen and oxygen atoms in total. The van der Waals surface area contributed by atoms with Crippen molar-refractivity contribution in [3.8, 4) is 0 Å². The standard InChI is InChI=1S/C33H65O9P/c1-3-5-7-9-11-13-14-15-16-18-20-22-24-26-39-29-32(30-41-43(37,38)40-28-31(35)27-34)42-33(36)25-23-21-19-17-12-10-8-6-4-2/h11,13,31-32,34-35H,3-10,12,14-30H2,1-2H3,(H,37,38)/b13-11-. The van der Waals surface area contributed by atoms with Crippen LogP contribution >= 0.6 is 7.82 Å². The molecule has 0 saturated heterocycles. The molecule has 43 heavy (non-hydrogen) atoms. The van der Waals surface area contributed by atoms with Crippen molar-refractivity contribution in [3.05, 3.63) is 12.2 Å². The average Bonchev–Trinajstić information content (AvgIpc) is 2.99. The van der Waals surface area contributed by atoms with Crippen LogP contribution in [-0.4, -0.2) is 66.3 Å². The van der Waals surface area contributed by atoms with E-state index < -0.39 is 33.2 Å². The average molecular weight is 637 g/mol. The Morgan fingerprint density at radius 3 is 1.79 bits per heavy atom. The first-order valence-corrected chi connectivity index (χ1v) is 18.7. The third kappa shape index (κ3) is 31.0. The highest BCUT2D eigenvalue weighted by atomic mass is 31.2. The third-order valence-electron chi connectivity index (χ3n) is 7.20. The van der Waals surface area contributed by atoms with Gasteiger partial charge in [0.1, 0.15) is 12.2 Å². The van der Waals surface area contributed by atoms with Crippen molar-refractivity contribution in [2.45, 2.75) is 161 Å². The summed E-state index contributed by atoms with van der Waals surface area (Å²) in [6.45, 7) is 3.45. The minimum absolute atomic E-state index is 0.0490. The van der Waals surface area contributed by atoms with E-state index in [0.717, 1.165) is 44.9 Å². The van der Waals surface area contributed by atoms with Gasteiger partial charge < -0.3 is 24.6 Å². The maximum atomic E-state index is 12.4. The lowest BCUT2D eigenvalue weighted by molar-refractivity contribution is -0.154. The van der Waals surface area contributed by atoms with Gasteiger partial charge in [-0.1, -0.05) is 116 Å². The van der Waals surface area contributed by atoms with Crippen molar-refractivity contribution in [2.24, 2.45) is 0 Å². The van der Waals surface area contributed by atoms with E-state index in [0.29, 0.717) is 6.61 Å². The van der Waals surface area contributed by atoms with Gasteiger partial charge in [0, 0.05) is 13.0 Å². The summed E-state index contributed by atoms with van der Waals surface area (Å²) in [5, 5.41) is 18.2. The molecule has 0 aromatic rings. The minimum atomic E-state index is -4.50. The zero-order valence-corrected chi connectivity index (χ0v) is 28.3. The van der Waals surface area contributed by atoms with Crippen molar-refractivity contribution in [2.75, 3.05) is 33.0 Å². The molecule has 0 aliphatic rings. The zero-order chi connectivity index (χ0) is 31.9. The summed E-state index contributed by atoms with van der Waals surface area (Å²) in [7, 11) is -4.50. The molecule has 0 aromatic carbocycles. The van der Waals surface area contributed by atoms with Crippen molar-refractivity contribution < 1.29 is 43.0 Å². The van der Waals surface area contributed by atoms with E-state index >= 15 is 0 Å². The number of phosphoric ester groups is 1. The predicted octanol–water partition coefficient (Wildman–Crippen LogP) is 8.19. The maximum Gasteiger partial charge on any atom is 0.472 e. The van der Waals surface area contributed by atoms with Gasteiger partial charge >= 0.3 is 13.8 Å². The molecule has 0 aliphatic carbocycles. The van der Waals surface area contributed by atoms with Gasteiger partial charge in [0.05, 0.1) is 26.4 Å². The van der Waals surface area contributed by atoms with Crippen LogP contribution < -0.4 is 0 Å². The number of hydrogen-bond donors (Lipinski definition) is 3. The van der Waals surface area contributed by atoms with Crippen LogP contribution in [0.4, 0.5) is 0 Å². The topological polar surface area (TPSA) is 132 Å². The summed E-state index contributed by atoms with van der Waals surface area (Å²) in [5.74, 6) is -0.389. The summed E-state index contributed by atoms with van der Waals surface area (Å²) in [5.41, 5.74) is 0. The maximum absolute atomic E-state index is 12.4. The first kappa shape index (κ1) is 42.2. The minimum Gasteiger partial charge on any atom is -0.457 e. The fourth-order valence-corrected chi connectivity index (χ4v) is 5.31. The molecule has 0 amide bonds. The van der Waals surface area contributed by atoms with E-state index in [1.807, 2.05) is 0 Å². The molecule has 3 atom stereocenters. The number of carbonyl (C=O) groups is 1. The fourth-order valence-electron chi connectivity index (χ4n) is 4.52. The Morgan fingerprint density at radius 2 is 1.19 bits per heavy atom. The van der Waals surface area contributed by atoms with Gasteiger partial charge in [-0.25, -0.2) is 4.57 Å². The van der Waals surface area contributed by atoms with Crippen LogP contribution in [0.15, 0.2) is 12.2 Å². The second-order valence-electron chi connectivity index (χ2n) is 11.5.